The number of hydrogen-bond acceptors (Lipinski definition) is 5. The molecule has 8 heteroatoms. The Labute approximate surface area is 123 Å². The summed E-state index contributed by atoms with van der Waals surface area (Å²) < 4.78 is 26.6. The molecule has 2 rings (SSSR count). The van der Waals surface area contributed by atoms with Crippen molar-refractivity contribution in [2.75, 3.05) is 26.7 Å². The van der Waals surface area contributed by atoms with Crippen molar-refractivity contribution < 1.29 is 8.42 Å². The number of likely N-dealkylation sites (N-methyl/N-ethyl adjacent to an activating group) is 2. The SMILES string of the molecule is CCN1CCCC1CN(C)S(=O)(=O)c1cnc(Cl)s1. The van der Waals surface area contributed by atoms with E-state index < -0.39 is 10.0 Å². The lowest BCUT2D eigenvalue weighted by Crippen LogP contribution is -2.40. The highest BCUT2D eigenvalue weighted by Gasteiger charge is 2.30. The highest BCUT2D eigenvalue weighted by Crippen LogP contribution is 2.26. The maximum absolute atomic E-state index is 12.3. The Morgan fingerprint density at radius 1 is 1.63 bits per heavy atom. The lowest BCUT2D eigenvalue weighted by atomic mass is 10.2. The molecule has 108 valence electrons. The van der Waals surface area contributed by atoms with Gasteiger partial charge >= 0.3 is 0 Å². The lowest BCUT2D eigenvalue weighted by Gasteiger charge is -2.26. The van der Waals surface area contributed by atoms with Gasteiger partial charge in [-0.2, -0.15) is 4.31 Å². The Hall–Kier alpha value is -0.210. The lowest BCUT2D eigenvalue weighted by molar-refractivity contribution is 0.238. The van der Waals surface area contributed by atoms with Crippen LogP contribution in [0.15, 0.2) is 10.4 Å². The molecule has 1 fully saturated rings. The van der Waals surface area contributed by atoms with E-state index in [9.17, 15) is 8.42 Å². The van der Waals surface area contributed by atoms with Crippen molar-refractivity contribution >= 4 is 33.0 Å². The van der Waals surface area contributed by atoms with Crippen molar-refractivity contribution in [2.24, 2.45) is 0 Å². The summed E-state index contributed by atoms with van der Waals surface area (Å²) in [5, 5.41) is 0. The number of sulfonamides is 1. The molecule has 1 aromatic rings. The Balaban J connectivity index is 2.09. The van der Waals surface area contributed by atoms with E-state index in [-0.39, 0.29) is 8.68 Å². The molecule has 1 aliphatic rings. The number of hydrogen-bond donors (Lipinski definition) is 0. The molecule has 1 aliphatic heterocycles. The van der Waals surface area contributed by atoms with Gasteiger partial charge in [0.15, 0.2) is 8.68 Å². The van der Waals surface area contributed by atoms with E-state index >= 15 is 0 Å². The summed E-state index contributed by atoms with van der Waals surface area (Å²) >= 11 is 6.70. The van der Waals surface area contributed by atoms with E-state index in [1.165, 1.54) is 10.5 Å². The Kier molecular flexibility index (Phi) is 4.84. The maximum Gasteiger partial charge on any atom is 0.254 e. The average molecular weight is 324 g/mol. The molecule has 0 spiro atoms. The van der Waals surface area contributed by atoms with Gasteiger partial charge in [-0.25, -0.2) is 13.4 Å². The van der Waals surface area contributed by atoms with Crippen LogP contribution in [0.1, 0.15) is 19.8 Å². The van der Waals surface area contributed by atoms with Gasteiger partial charge in [-0.3, -0.25) is 4.90 Å². The highest BCUT2D eigenvalue weighted by atomic mass is 35.5. The zero-order valence-corrected chi connectivity index (χ0v) is 13.4. The molecule has 19 heavy (non-hydrogen) atoms. The third-order valence-corrected chi connectivity index (χ3v) is 6.87. The first-order valence-electron chi connectivity index (χ1n) is 6.27. The minimum absolute atomic E-state index is 0.209. The molecule has 0 aliphatic carbocycles. The van der Waals surface area contributed by atoms with Gasteiger partial charge in [-0.15, -0.1) is 0 Å². The van der Waals surface area contributed by atoms with Crippen LogP contribution in [0.5, 0.6) is 0 Å². The van der Waals surface area contributed by atoms with E-state index in [2.05, 4.69) is 16.8 Å². The molecule has 0 amide bonds. The van der Waals surface area contributed by atoms with Crippen LogP contribution >= 0.6 is 22.9 Å². The van der Waals surface area contributed by atoms with Gasteiger partial charge in [0.2, 0.25) is 0 Å². The standard InChI is InChI=1S/C11H18ClN3O2S2/c1-3-15-6-4-5-9(15)8-14(2)19(16,17)10-7-13-11(12)18-10/h7,9H,3-6,8H2,1-2H3. The van der Waals surface area contributed by atoms with Gasteiger partial charge in [0.05, 0.1) is 6.20 Å². The molecule has 0 bridgehead atoms. The van der Waals surface area contributed by atoms with E-state index in [0.717, 1.165) is 37.3 Å². The molecule has 1 atom stereocenters. The van der Waals surface area contributed by atoms with Crippen LogP contribution in [0.25, 0.3) is 0 Å². The summed E-state index contributed by atoms with van der Waals surface area (Å²) in [5.41, 5.74) is 0. The topological polar surface area (TPSA) is 53.5 Å². The summed E-state index contributed by atoms with van der Waals surface area (Å²) in [6.45, 7) is 4.65. The van der Waals surface area contributed by atoms with Crippen molar-refractivity contribution in [1.82, 2.24) is 14.2 Å². The van der Waals surface area contributed by atoms with Crippen LogP contribution in [0.2, 0.25) is 4.47 Å². The molecule has 1 saturated heterocycles. The molecular formula is C11H18ClN3O2S2. The normalized spacial score (nSPS) is 21.4. The van der Waals surface area contributed by atoms with Gasteiger partial charge < -0.3 is 0 Å². The van der Waals surface area contributed by atoms with Crippen molar-refractivity contribution in [3.05, 3.63) is 10.7 Å². The van der Waals surface area contributed by atoms with Crippen LogP contribution in [-0.2, 0) is 10.0 Å². The number of nitrogens with zero attached hydrogens (tertiary/aromatic N) is 3. The molecule has 1 aromatic heterocycles. The first kappa shape index (κ1) is 15.2. The van der Waals surface area contributed by atoms with Crippen molar-refractivity contribution in [3.8, 4) is 0 Å². The summed E-state index contributed by atoms with van der Waals surface area (Å²) in [6, 6.07) is 0.313. The van der Waals surface area contributed by atoms with Gasteiger partial charge in [0, 0.05) is 19.6 Å². The van der Waals surface area contributed by atoms with Gasteiger partial charge in [0.25, 0.3) is 10.0 Å². The summed E-state index contributed by atoms with van der Waals surface area (Å²) in [5.74, 6) is 0. The fraction of sp³-hybridized carbons (Fsp3) is 0.727. The molecule has 2 heterocycles. The second-order valence-corrected chi connectivity index (χ2v) is 8.53. The van der Waals surface area contributed by atoms with Crippen LogP contribution in [-0.4, -0.2) is 55.3 Å². The third kappa shape index (κ3) is 3.28. The van der Waals surface area contributed by atoms with E-state index in [0.29, 0.717) is 12.6 Å². The Morgan fingerprint density at radius 3 is 2.95 bits per heavy atom. The minimum atomic E-state index is -3.46. The first-order chi connectivity index (χ1) is 8.95. The van der Waals surface area contributed by atoms with E-state index in [1.807, 2.05) is 0 Å². The second-order valence-electron chi connectivity index (χ2n) is 4.64. The zero-order valence-electron chi connectivity index (χ0n) is 11.0. The number of likely N-dealkylation sites (tertiary alicyclic amines) is 1. The molecular weight excluding hydrogens is 306 g/mol. The van der Waals surface area contributed by atoms with Crippen LogP contribution in [0.4, 0.5) is 0 Å². The predicted octanol–water partition coefficient (Wildman–Crippen LogP) is 1.90. The number of thiazole rings is 1. The fourth-order valence-corrected chi connectivity index (χ4v) is 5.14. The summed E-state index contributed by atoms with van der Waals surface area (Å²) in [7, 11) is -1.84. The third-order valence-electron chi connectivity index (χ3n) is 3.49. The predicted molar refractivity (Wildman–Crippen MR) is 77.2 cm³/mol. The van der Waals surface area contributed by atoms with E-state index in [4.69, 9.17) is 11.6 Å². The quantitative estimate of drug-likeness (QED) is 0.830. The minimum Gasteiger partial charge on any atom is -0.299 e. The van der Waals surface area contributed by atoms with Crippen LogP contribution in [0, 0.1) is 0 Å². The molecule has 0 N–H and O–H groups in total. The van der Waals surface area contributed by atoms with Crippen LogP contribution < -0.4 is 0 Å². The highest BCUT2D eigenvalue weighted by molar-refractivity contribution is 7.91. The molecule has 0 aromatic carbocycles. The molecule has 0 saturated carbocycles. The number of rotatable bonds is 5. The molecule has 0 radical (unpaired) electrons. The van der Waals surface area contributed by atoms with Gasteiger partial charge in [-0.05, 0) is 25.9 Å². The Bertz CT molecular complexity index is 532. The Morgan fingerprint density at radius 2 is 2.37 bits per heavy atom. The number of aromatic nitrogens is 1. The smallest absolute Gasteiger partial charge is 0.254 e. The van der Waals surface area contributed by atoms with Gasteiger partial charge in [-0.1, -0.05) is 29.9 Å². The van der Waals surface area contributed by atoms with Gasteiger partial charge in [0.1, 0.15) is 0 Å². The summed E-state index contributed by atoms with van der Waals surface area (Å²) in [6.07, 6.45) is 3.51. The van der Waals surface area contributed by atoms with Crippen molar-refractivity contribution in [3.63, 3.8) is 0 Å². The summed E-state index contributed by atoms with van der Waals surface area (Å²) in [4.78, 5) is 6.12. The van der Waals surface area contributed by atoms with Crippen molar-refractivity contribution in [1.29, 1.82) is 0 Å². The molecule has 1 unspecified atom stereocenters. The maximum atomic E-state index is 12.3. The van der Waals surface area contributed by atoms with Crippen LogP contribution in [0.3, 0.4) is 0 Å². The zero-order chi connectivity index (χ0) is 14.0. The fourth-order valence-electron chi connectivity index (χ4n) is 2.43. The number of halogens is 1. The monoisotopic (exact) mass is 323 g/mol. The average Bonchev–Trinajstić information content (AvgIpc) is 2.97. The van der Waals surface area contributed by atoms with Crippen molar-refractivity contribution in [2.45, 2.75) is 30.0 Å². The molecule has 5 nitrogen and oxygen atoms in total. The largest absolute Gasteiger partial charge is 0.299 e. The first-order valence-corrected chi connectivity index (χ1v) is 8.90. The van der Waals surface area contributed by atoms with E-state index in [1.54, 1.807) is 7.05 Å². The second kappa shape index (κ2) is 6.05.